The van der Waals surface area contributed by atoms with E-state index < -0.39 is 0 Å². The number of carbonyl (C=O) groups excluding carboxylic acids is 1. The number of nitrogens with one attached hydrogen (secondary N) is 2. The lowest BCUT2D eigenvalue weighted by Gasteiger charge is -2.26. The molecule has 1 atom stereocenters. The van der Waals surface area contributed by atoms with Gasteiger partial charge in [-0.15, -0.1) is 0 Å². The van der Waals surface area contributed by atoms with Crippen LogP contribution >= 0.6 is 0 Å². The van der Waals surface area contributed by atoms with Gasteiger partial charge in [-0.05, 0) is 32.3 Å². The molecule has 29 heavy (non-hydrogen) atoms. The van der Waals surface area contributed by atoms with Crippen molar-refractivity contribution in [3.8, 4) is 5.75 Å². The van der Waals surface area contributed by atoms with Gasteiger partial charge in [0.2, 0.25) is 5.91 Å². The highest BCUT2D eigenvalue weighted by atomic mass is 16.5. The van der Waals surface area contributed by atoms with Crippen LogP contribution in [-0.4, -0.2) is 48.5 Å². The third kappa shape index (κ3) is 5.00. The van der Waals surface area contributed by atoms with Gasteiger partial charge in [0.25, 0.3) is 5.56 Å². The Labute approximate surface area is 169 Å². The molecular weight excluding hydrogens is 368 g/mol. The number of aromatic nitrogens is 2. The molecule has 1 amide bonds. The largest absolute Gasteiger partial charge is 0.496 e. The second-order valence-electron chi connectivity index (χ2n) is 7.06. The SMILES string of the molecule is COc1ccccc1C(CNC(=O)CCc1nc2ccccc2c(=O)[nH]1)N(C)C. The molecule has 1 unspecified atom stereocenters. The van der Waals surface area contributed by atoms with Crippen LogP contribution < -0.4 is 15.6 Å². The van der Waals surface area contributed by atoms with E-state index in [2.05, 4.69) is 15.3 Å². The Morgan fingerprint density at radius 1 is 1.17 bits per heavy atom. The molecule has 0 aliphatic rings. The number of benzene rings is 2. The molecule has 2 N–H and O–H groups in total. The fraction of sp³-hybridized carbons (Fsp3) is 0.318. The summed E-state index contributed by atoms with van der Waals surface area (Å²) >= 11 is 0. The molecule has 0 aliphatic heterocycles. The summed E-state index contributed by atoms with van der Waals surface area (Å²) < 4.78 is 5.45. The van der Waals surface area contributed by atoms with Crippen LogP contribution in [0.4, 0.5) is 0 Å². The molecule has 152 valence electrons. The normalized spacial score (nSPS) is 12.1. The van der Waals surface area contributed by atoms with Crippen LogP contribution in [0.2, 0.25) is 0 Å². The average molecular weight is 394 g/mol. The van der Waals surface area contributed by atoms with Crippen LogP contribution in [0.15, 0.2) is 53.3 Å². The minimum Gasteiger partial charge on any atom is -0.496 e. The molecule has 0 fully saturated rings. The molecule has 1 aromatic heterocycles. The van der Waals surface area contributed by atoms with Crippen molar-refractivity contribution in [3.63, 3.8) is 0 Å². The van der Waals surface area contributed by atoms with E-state index in [0.717, 1.165) is 11.3 Å². The van der Waals surface area contributed by atoms with Gasteiger partial charge in [0.05, 0.1) is 24.1 Å². The molecule has 3 aromatic rings. The molecule has 0 spiro atoms. The number of H-pyrrole nitrogens is 1. The number of methoxy groups -OCH3 is 1. The zero-order valence-electron chi connectivity index (χ0n) is 16.9. The van der Waals surface area contributed by atoms with Gasteiger partial charge in [-0.25, -0.2) is 4.98 Å². The summed E-state index contributed by atoms with van der Waals surface area (Å²) in [5.74, 6) is 1.21. The minimum absolute atomic E-state index is 0.0197. The van der Waals surface area contributed by atoms with E-state index in [4.69, 9.17) is 4.74 Å². The van der Waals surface area contributed by atoms with Gasteiger partial charge in [0.1, 0.15) is 11.6 Å². The number of para-hydroxylation sites is 2. The Balaban J connectivity index is 1.62. The Morgan fingerprint density at radius 3 is 2.66 bits per heavy atom. The van der Waals surface area contributed by atoms with Gasteiger partial charge >= 0.3 is 0 Å². The van der Waals surface area contributed by atoms with Gasteiger partial charge in [-0.3, -0.25) is 9.59 Å². The number of fused-ring (bicyclic) bond motifs is 1. The summed E-state index contributed by atoms with van der Waals surface area (Å²) in [4.78, 5) is 33.8. The highest BCUT2D eigenvalue weighted by Gasteiger charge is 2.19. The fourth-order valence-electron chi connectivity index (χ4n) is 3.30. The van der Waals surface area contributed by atoms with E-state index in [-0.39, 0.29) is 23.9 Å². The molecule has 7 heteroatoms. The highest BCUT2D eigenvalue weighted by Crippen LogP contribution is 2.27. The molecule has 0 saturated carbocycles. The highest BCUT2D eigenvalue weighted by molar-refractivity contribution is 5.78. The van der Waals surface area contributed by atoms with Crippen LogP contribution in [0.25, 0.3) is 10.9 Å². The number of hydrogen-bond acceptors (Lipinski definition) is 5. The Kier molecular flexibility index (Phi) is 6.61. The maximum absolute atomic E-state index is 12.4. The molecule has 0 radical (unpaired) electrons. The maximum atomic E-state index is 12.4. The van der Waals surface area contributed by atoms with E-state index in [1.807, 2.05) is 49.3 Å². The Hall–Kier alpha value is -3.19. The van der Waals surface area contributed by atoms with Gasteiger partial charge in [0, 0.05) is 24.9 Å². The van der Waals surface area contributed by atoms with E-state index in [1.54, 1.807) is 25.3 Å². The predicted molar refractivity (Wildman–Crippen MR) is 113 cm³/mol. The molecular formula is C22H26N4O3. The topological polar surface area (TPSA) is 87.3 Å². The summed E-state index contributed by atoms with van der Waals surface area (Å²) in [5.41, 5.74) is 1.46. The quantitative estimate of drug-likeness (QED) is 0.612. The lowest BCUT2D eigenvalue weighted by molar-refractivity contribution is -0.121. The third-order valence-corrected chi connectivity index (χ3v) is 4.86. The number of likely N-dealkylation sites (N-methyl/N-ethyl adjacent to an activating group) is 1. The van der Waals surface area contributed by atoms with Gasteiger partial charge in [0.15, 0.2) is 0 Å². The molecule has 1 heterocycles. The lowest BCUT2D eigenvalue weighted by Crippen LogP contribution is -2.35. The average Bonchev–Trinajstić information content (AvgIpc) is 2.72. The Morgan fingerprint density at radius 2 is 1.90 bits per heavy atom. The fourth-order valence-corrected chi connectivity index (χ4v) is 3.30. The Bertz CT molecular complexity index is 1050. The summed E-state index contributed by atoms with van der Waals surface area (Å²) in [6.45, 7) is 0.452. The van der Waals surface area contributed by atoms with Crippen molar-refractivity contribution in [1.82, 2.24) is 20.2 Å². The van der Waals surface area contributed by atoms with Crippen molar-refractivity contribution >= 4 is 16.8 Å². The van der Waals surface area contributed by atoms with Crippen molar-refractivity contribution < 1.29 is 9.53 Å². The van der Waals surface area contributed by atoms with E-state index in [9.17, 15) is 9.59 Å². The summed E-state index contributed by atoms with van der Waals surface area (Å²) in [5, 5.41) is 3.53. The first-order valence-corrected chi connectivity index (χ1v) is 9.53. The second kappa shape index (κ2) is 9.34. The molecule has 0 saturated heterocycles. The van der Waals surface area contributed by atoms with Crippen molar-refractivity contribution in [3.05, 3.63) is 70.3 Å². The zero-order valence-corrected chi connectivity index (χ0v) is 16.9. The lowest BCUT2D eigenvalue weighted by atomic mass is 10.0. The van der Waals surface area contributed by atoms with Gasteiger partial charge in [-0.2, -0.15) is 0 Å². The third-order valence-electron chi connectivity index (χ3n) is 4.86. The van der Waals surface area contributed by atoms with E-state index in [0.29, 0.717) is 29.7 Å². The summed E-state index contributed by atoms with van der Waals surface area (Å²) in [7, 11) is 5.57. The number of aromatic amines is 1. The first kappa shape index (κ1) is 20.5. The van der Waals surface area contributed by atoms with Crippen LogP contribution in [-0.2, 0) is 11.2 Å². The van der Waals surface area contributed by atoms with Crippen LogP contribution in [0.3, 0.4) is 0 Å². The summed E-state index contributed by atoms with van der Waals surface area (Å²) in [6, 6.07) is 14.9. The van der Waals surface area contributed by atoms with Crippen molar-refractivity contribution in [1.29, 1.82) is 0 Å². The van der Waals surface area contributed by atoms with Crippen molar-refractivity contribution in [2.75, 3.05) is 27.7 Å². The number of hydrogen-bond donors (Lipinski definition) is 2. The smallest absolute Gasteiger partial charge is 0.258 e. The van der Waals surface area contributed by atoms with E-state index >= 15 is 0 Å². The number of amides is 1. The molecule has 0 aliphatic carbocycles. The number of aryl methyl sites for hydroxylation is 1. The first-order chi connectivity index (χ1) is 14.0. The maximum Gasteiger partial charge on any atom is 0.258 e. The van der Waals surface area contributed by atoms with Gasteiger partial charge < -0.3 is 19.9 Å². The standard InChI is InChI=1S/C22H26N4O3/c1-26(2)18(16-9-5-7-11-19(16)29-3)14-23-21(27)13-12-20-24-17-10-6-4-8-15(17)22(28)25-20/h4-11,18H,12-14H2,1-3H3,(H,23,27)(H,24,25,28). The second-order valence-corrected chi connectivity index (χ2v) is 7.06. The first-order valence-electron chi connectivity index (χ1n) is 9.53. The number of nitrogens with zero attached hydrogens (tertiary/aromatic N) is 2. The van der Waals surface area contributed by atoms with E-state index in [1.165, 1.54) is 0 Å². The van der Waals surface area contributed by atoms with Crippen LogP contribution in [0.1, 0.15) is 23.9 Å². The summed E-state index contributed by atoms with van der Waals surface area (Å²) in [6.07, 6.45) is 0.612. The van der Waals surface area contributed by atoms with Crippen LogP contribution in [0, 0.1) is 0 Å². The van der Waals surface area contributed by atoms with Crippen molar-refractivity contribution in [2.24, 2.45) is 0 Å². The molecule has 3 rings (SSSR count). The zero-order chi connectivity index (χ0) is 20.8. The number of carbonyl (C=O) groups is 1. The molecule has 2 aromatic carbocycles. The monoisotopic (exact) mass is 394 g/mol. The molecule has 7 nitrogen and oxygen atoms in total. The number of rotatable bonds is 8. The van der Waals surface area contributed by atoms with Crippen LogP contribution in [0.5, 0.6) is 5.75 Å². The molecule has 0 bridgehead atoms. The minimum atomic E-state index is -0.185. The predicted octanol–water partition coefficient (Wildman–Crippen LogP) is 2.28. The van der Waals surface area contributed by atoms with Crippen molar-refractivity contribution in [2.45, 2.75) is 18.9 Å². The van der Waals surface area contributed by atoms with Gasteiger partial charge in [-0.1, -0.05) is 30.3 Å². The number of ether oxygens (including phenoxy) is 1.